The molecule has 0 amide bonds. The predicted molar refractivity (Wildman–Crippen MR) is 76.9 cm³/mol. The van der Waals surface area contributed by atoms with E-state index in [1.807, 2.05) is 12.1 Å². The number of nitro groups is 1. The molecular weight excluding hydrogens is 254 g/mol. The Morgan fingerprint density at radius 1 is 1.15 bits per heavy atom. The van der Waals surface area contributed by atoms with E-state index in [4.69, 9.17) is 5.73 Å². The molecule has 0 spiro atoms. The van der Waals surface area contributed by atoms with Crippen LogP contribution in [0.25, 0.3) is 0 Å². The molecule has 102 valence electrons. The summed E-state index contributed by atoms with van der Waals surface area (Å²) in [5.74, 6) is 0. The first-order chi connectivity index (χ1) is 9.63. The standard InChI is InChI=1S/C15H15N3O2/c16-15-6-5-14(18(19)20)7-13(15)10-17-8-11-3-1-2-4-12(11)9-17/h1-7H,8-10,16H2. The van der Waals surface area contributed by atoms with Gasteiger partial charge in [0.05, 0.1) is 4.92 Å². The van der Waals surface area contributed by atoms with E-state index in [2.05, 4.69) is 17.0 Å². The maximum absolute atomic E-state index is 10.8. The van der Waals surface area contributed by atoms with Crippen LogP contribution in [0.15, 0.2) is 42.5 Å². The number of nitrogen functional groups attached to an aromatic ring is 1. The number of rotatable bonds is 3. The summed E-state index contributed by atoms with van der Waals surface area (Å²) < 4.78 is 0. The maximum Gasteiger partial charge on any atom is 0.269 e. The average Bonchev–Trinajstić information content (AvgIpc) is 2.83. The van der Waals surface area contributed by atoms with Gasteiger partial charge >= 0.3 is 0 Å². The van der Waals surface area contributed by atoms with Crippen LogP contribution in [0, 0.1) is 10.1 Å². The molecule has 2 aromatic carbocycles. The summed E-state index contributed by atoms with van der Waals surface area (Å²) in [7, 11) is 0. The molecule has 0 unspecified atom stereocenters. The first-order valence-corrected chi connectivity index (χ1v) is 6.45. The molecular formula is C15H15N3O2. The number of fused-ring (bicyclic) bond motifs is 1. The third-order valence-electron chi connectivity index (χ3n) is 3.64. The number of hydrogen-bond acceptors (Lipinski definition) is 4. The highest BCUT2D eigenvalue weighted by Gasteiger charge is 2.20. The average molecular weight is 269 g/mol. The monoisotopic (exact) mass is 269 g/mol. The van der Waals surface area contributed by atoms with Crippen molar-refractivity contribution in [2.24, 2.45) is 0 Å². The van der Waals surface area contributed by atoms with Crippen LogP contribution in [0.2, 0.25) is 0 Å². The molecule has 2 aromatic rings. The van der Waals surface area contributed by atoms with E-state index in [0.717, 1.165) is 18.7 Å². The molecule has 5 heteroatoms. The number of benzene rings is 2. The summed E-state index contributed by atoms with van der Waals surface area (Å²) in [6.45, 7) is 2.35. The van der Waals surface area contributed by atoms with Crippen molar-refractivity contribution in [3.05, 3.63) is 69.3 Å². The minimum Gasteiger partial charge on any atom is -0.398 e. The molecule has 2 N–H and O–H groups in total. The number of nitro benzene ring substituents is 1. The van der Waals surface area contributed by atoms with Crippen molar-refractivity contribution in [3.63, 3.8) is 0 Å². The molecule has 1 aliphatic rings. The van der Waals surface area contributed by atoms with E-state index in [0.29, 0.717) is 12.2 Å². The van der Waals surface area contributed by atoms with Crippen molar-refractivity contribution in [2.75, 3.05) is 5.73 Å². The zero-order valence-electron chi connectivity index (χ0n) is 11.0. The SMILES string of the molecule is Nc1ccc([N+](=O)[O-])cc1CN1Cc2ccccc2C1. The molecule has 0 atom stereocenters. The Morgan fingerprint density at radius 2 is 1.80 bits per heavy atom. The topological polar surface area (TPSA) is 72.4 Å². The lowest BCUT2D eigenvalue weighted by atomic mass is 10.1. The molecule has 1 heterocycles. The van der Waals surface area contributed by atoms with Crippen LogP contribution in [0.3, 0.4) is 0 Å². The van der Waals surface area contributed by atoms with Crippen LogP contribution < -0.4 is 5.73 Å². The Bertz CT molecular complexity index is 645. The molecule has 0 radical (unpaired) electrons. The van der Waals surface area contributed by atoms with Gasteiger partial charge in [-0.3, -0.25) is 15.0 Å². The Morgan fingerprint density at radius 3 is 2.40 bits per heavy atom. The van der Waals surface area contributed by atoms with Gasteiger partial charge in [0.1, 0.15) is 0 Å². The second-order valence-electron chi connectivity index (χ2n) is 5.05. The van der Waals surface area contributed by atoms with Gasteiger partial charge in [-0.25, -0.2) is 0 Å². The normalized spacial score (nSPS) is 14.2. The molecule has 5 nitrogen and oxygen atoms in total. The molecule has 0 saturated carbocycles. The van der Waals surface area contributed by atoms with Crippen LogP contribution >= 0.6 is 0 Å². The van der Waals surface area contributed by atoms with Gasteiger partial charge in [0, 0.05) is 37.5 Å². The first-order valence-electron chi connectivity index (χ1n) is 6.45. The summed E-state index contributed by atoms with van der Waals surface area (Å²) in [4.78, 5) is 12.7. The summed E-state index contributed by atoms with van der Waals surface area (Å²) >= 11 is 0. The van der Waals surface area contributed by atoms with Gasteiger partial charge in [-0.05, 0) is 22.8 Å². The van der Waals surface area contributed by atoms with E-state index in [9.17, 15) is 10.1 Å². The van der Waals surface area contributed by atoms with E-state index in [-0.39, 0.29) is 10.6 Å². The van der Waals surface area contributed by atoms with Crippen LogP contribution in [-0.4, -0.2) is 9.82 Å². The van der Waals surface area contributed by atoms with Gasteiger partial charge in [-0.15, -0.1) is 0 Å². The van der Waals surface area contributed by atoms with Gasteiger partial charge < -0.3 is 5.73 Å². The summed E-state index contributed by atoms with van der Waals surface area (Å²) in [5.41, 5.74) is 10.1. The number of nitrogens with two attached hydrogens (primary N) is 1. The highest BCUT2D eigenvalue weighted by Crippen LogP contribution is 2.27. The van der Waals surface area contributed by atoms with Crippen molar-refractivity contribution in [1.29, 1.82) is 0 Å². The summed E-state index contributed by atoms with van der Waals surface area (Å²) in [5, 5.41) is 10.8. The highest BCUT2D eigenvalue weighted by molar-refractivity contribution is 5.52. The summed E-state index contributed by atoms with van der Waals surface area (Å²) in [6, 6.07) is 12.9. The largest absolute Gasteiger partial charge is 0.398 e. The van der Waals surface area contributed by atoms with E-state index < -0.39 is 0 Å². The minimum absolute atomic E-state index is 0.0888. The fourth-order valence-electron chi connectivity index (χ4n) is 2.60. The number of nitrogens with zero attached hydrogens (tertiary/aromatic N) is 2. The first kappa shape index (κ1) is 12.6. The minimum atomic E-state index is -0.387. The van der Waals surface area contributed by atoms with Crippen molar-refractivity contribution in [2.45, 2.75) is 19.6 Å². The zero-order valence-corrected chi connectivity index (χ0v) is 11.0. The van der Waals surface area contributed by atoms with Crippen LogP contribution in [0.5, 0.6) is 0 Å². The second-order valence-corrected chi connectivity index (χ2v) is 5.05. The lowest BCUT2D eigenvalue weighted by Gasteiger charge is -2.16. The molecule has 20 heavy (non-hydrogen) atoms. The Kier molecular flexibility index (Phi) is 3.12. The van der Waals surface area contributed by atoms with Gasteiger partial charge in [-0.2, -0.15) is 0 Å². The van der Waals surface area contributed by atoms with Gasteiger partial charge in [-0.1, -0.05) is 24.3 Å². The third-order valence-corrected chi connectivity index (χ3v) is 3.64. The van der Waals surface area contributed by atoms with Crippen molar-refractivity contribution < 1.29 is 4.92 Å². The highest BCUT2D eigenvalue weighted by atomic mass is 16.6. The van der Waals surface area contributed by atoms with Crippen molar-refractivity contribution in [3.8, 4) is 0 Å². The molecule has 0 saturated heterocycles. The van der Waals surface area contributed by atoms with Crippen molar-refractivity contribution >= 4 is 11.4 Å². The predicted octanol–water partition coefficient (Wildman–Crippen LogP) is 2.69. The maximum atomic E-state index is 10.8. The molecule has 1 aliphatic heterocycles. The molecule has 0 aromatic heterocycles. The van der Waals surface area contributed by atoms with Crippen LogP contribution in [0.1, 0.15) is 16.7 Å². The lowest BCUT2D eigenvalue weighted by Crippen LogP contribution is -2.16. The smallest absolute Gasteiger partial charge is 0.269 e. The van der Waals surface area contributed by atoms with Gasteiger partial charge in [0.15, 0.2) is 0 Å². The van der Waals surface area contributed by atoms with E-state index in [1.165, 1.54) is 17.2 Å². The van der Waals surface area contributed by atoms with Crippen LogP contribution in [0.4, 0.5) is 11.4 Å². The van der Waals surface area contributed by atoms with Gasteiger partial charge in [0.25, 0.3) is 5.69 Å². The zero-order chi connectivity index (χ0) is 14.1. The molecule has 0 bridgehead atoms. The summed E-state index contributed by atoms with van der Waals surface area (Å²) in [6.07, 6.45) is 0. The lowest BCUT2D eigenvalue weighted by molar-refractivity contribution is -0.384. The Balaban J connectivity index is 1.80. The molecule has 0 fully saturated rings. The van der Waals surface area contributed by atoms with Gasteiger partial charge in [0.2, 0.25) is 0 Å². The van der Waals surface area contributed by atoms with Crippen molar-refractivity contribution in [1.82, 2.24) is 4.90 Å². The van der Waals surface area contributed by atoms with Crippen LogP contribution in [-0.2, 0) is 19.6 Å². The number of hydrogen-bond donors (Lipinski definition) is 1. The molecule has 3 rings (SSSR count). The Labute approximate surface area is 116 Å². The number of anilines is 1. The Hall–Kier alpha value is -2.40. The second kappa shape index (κ2) is 4.94. The third kappa shape index (κ3) is 2.35. The molecule has 0 aliphatic carbocycles. The van der Waals surface area contributed by atoms with E-state index >= 15 is 0 Å². The quantitative estimate of drug-likeness (QED) is 0.528. The fourth-order valence-corrected chi connectivity index (χ4v) is 2.60. The van der Waals surface area contributed by atoms with E-state index in [1.54, 1.807) is 12.1 Å². The fraction of sp³-hybridized carbons (Fsp3) is 0.200. The number of non-ortho nitro benzene ring substituents is 1.